The second-order valence-electron chi connectivity index (χ2n) is 7.67. The lowest BCUT2D eigenvalue weighted by molar-refractivity contribution is -0.138. The molecule has 0 aromatic heterocycles. The topological polar surface area (TPSA) is 46.5 Å². The minimum absolute atomic E-state index is 0.0872. The van der Waals surface area contributed by atoms with Crippen molar-refractivity contribution in [2.75, 3.05) is 6.61 Å². The van der Waals surface area contributed by atoms with Crippen LogP contribution in [0.1, 0.15) is 53.5 Å². The Labute approximate surface area is 174 Å². The molecule has 2 aromatic rings. The molecule has 1 aliphatic carbocycles. The predicted molar refractivity (Wildman–Crippen MR) is 110 cm³/mol. The van der Waals surface area contributed by atoms with Crippen LogP contribution in [-0.2, 0) is 17.4 Å². The molecular weight excluding hydrogens is 393 g/mol. The first kappa shape index (κ1) is 21.9. The molecule has 0 fully saturated rings. The van der Waals surface area contributed by atoms with Gasteiger partial charge in [-0.3, -0.25) is 4.79 Å². The molecule has 0 unspecified atom stereocenters. The number of carbonyl (C=O) groups is 1. The van der Waals surface area contributed by atoms with Gasteiger partial charge < -0.3 is 9.84 Å². The van der Waals surface area contributed by atoms with Crippen molar-refractivity contribution < 1.29 is 27.8 Å². The first-order chi connectivity index (χ1) is 14.2. The third kappa shape index (κ3) is 5.04. The van der Waals surface area contributed by atoms with Crippen molar-refractivity contribution >= 4 is 11.5 Å². The van der Waals surface area contributed by atoms with Gasteiger partial charge in [-0.05, 0) is 91.1 Å². The van der Waals surface area contributed by atoms with Crippen LogP contribution < -0.4 is 4.74 Å². The van der Waals surface area contributed by atoms with Crippen molar-refractivity contribution in [2.45, 2.75) is 52.1 Å². The van der Waals surface area contributed by atoms with Crippen LogP contribution in [0.5, 0.6) is 5.75 Å². The molecule has 30 heavy (non-hydrogen) atoms. The van der Waals surface area contributed by atoms with Crippen molar-refractivity contribution in [3.63, 3.8) is 0 Å². The van der Waals surface area contributed by atoms with E-state index in [1.54, 1.807) is 0 Å². The highest BCUT2D eigenvalue weighted by Crippen LogP contribution is 2.36. The Balaban J connectivity index is 1.74. The molecule has 0 amide bonds. The van der Waals surface area contributed by atoms with Crippen LogP contribution in [0.15, 0.2) is 42.0 Å². The van der Waals surface area contributed by atoms with E-state index in [0.29, 0.717) is 13.0 Å². The van der Waals surface area contributed by atoms with Crippen LogP contribution in [0.2, 0.25) is 0 Å². The number of halogens is 3. The number of hydrogen-bond donors (Lipinski definition) is 1. The van der Waals surface area contributed by atoms with Crippen LogP contribution in [0.3, 0.4) is 0 Å². The van der Waals surface area contributed by atoms with E-state index >= 15 is 0 Å². The summed E-state index contributed by atoms with van der Waals surface area (Å²) < 4.78 is 44.5. The van der Waals surface area contributed by atoms with Crippen LogP contribution in [0.25, 0.3) is 5.57 Å². The number of hydrogen-bond acceptors (Lipinski definition) is 2. The normalized spacial score (nSPS) is 14.3. The van der Waals surface area contributed by atoms with Gasteiger partial charge in [0.05, 0.1) is 5.56 Å². The minimum atomic E-state index is -4.33. The maximum atomic E-state index is 12.8. The van der Waals surface area contributed by atoms with E-state index in [0.717, 1.165) is 70.5 Å². The van der Waals surface area contributed by atoms with E-state index in [-0.39, 0.29) is 6.42 Å². The average molecular weight is 418 g/mol. The molecule has 1 aliphatic rings. The summed E-state index contributed by atoms with van der Waals surface area (Å²) in [5.74, 6) is -0.0749. The Morgan fingerprint density at radius 2 is 1.73 bits per heavy atom. The minimum Gasteiger partial charge on any atom is -0.489 e. The number of carboxylic acids is 1. The number of aliphatic carboxylic acids is 1. The lowest BCUT2D eigenvalue weighted by Gasteiger charge is -2.16. The molecule has 0 saturated carbocycles. The van der Waals surface area contributed by atoms with Crippen molar-refractivity contribution in [1.82, 2.24) is 0 Å². The Kier molecular flexibility index (Phi) is 6.54. The largest absolute Gasteiger partial charge is 0.489 e. The Bertz CT molecular complexity index is 957. The van der Waals surface area contributed by atoms with Gasteiger partial charge in [0.2, 0.25) is 0 Å². The van der Waals surface area contributed by atoms with Gasteiger partial charge in [0, 0.05) is 6.42 Å². The van der Waals surface area contributed by atoms with E-state index < -0.39 is 17.7 Å². The smallest absolute Gasteiger partial charge is 0.416 e. The van der Waals surface area contributed by atoms with E-state index in [1.807, 2.05) is 26.0 Å². The first-order valence-electron chi connectivity index (χ1n) is 9.99. The highest BCUT2D eigenvalue weighted by Gasteiger charge is 2.30. The summed E-state index contributed by atoms with van der Waals surface area (Å²) in [6.45, 7) is 4.31. The molecule has 0 bridgehead atoms. The lowest BCUT2D eigenvalue weighted by atomic mass is 9.98. The maximum absolute atomic E-state index is 12.8. The number of alkyl halides is 3. The van der Waals surface area contributed by atoms with Crippen LogP contribution >= 0.6 is 0 Å². The molecule has 3 rings (SSSR count). The van der Waals surface area contributed by atoms with Gasteiger partial charge in [0.15, 0.2) is 0 Å². The predicted octanol–water partition coefficient (Wildman–Crippen LogP) is 6.36. The van der Waals surface area contributed by atoms with Crippen molar-refractivity contribution in [3.05, 3.63) is 69.8 Å². The van der Waals surface area contributed by atoms with Crippen LogP contribution in [-0.4, -0.2) is 17.7 Å². The monoisotopic (exact) mass is 418 g/mol. The second kappa shape index (κ2) is 8.94. The number of carboxylic acid groups (broad SMARTS) is 1. The summed E-state index contributed by atoms with van der Waals surface area (Å²) in [4.78, 5) is 10.8. The molecule has 0 radical (unpaired) electrons. The molecule has 2 aromatic carbocycles. The molecule has 1 N–H and O–H groups in total. The fourth-order valence-corrected chi connectivity index (χ4v) is 3.86. The molecule has 3 nitrogen and oxygen atoms in total. The zero-order valence-corrected chi connectivity index (χ0v) is 17.1. The third-order valence-corrected chi connectivity index (χ3v) is 5.75. The highest BCUT2D eigenvalue weighted by molar-refractivity contribution is 5.71. The molecular formula is C24H25F3O3. The summed E-state index contributed by atoms with van der Waals surface area (Å²) in [6, 6.07) is 9.10. The standard InChI is InChI=1S/C24H25F3O3/c1-15-16(2)22(12-8-17(15)9-13-23(28)29)30-14-19-4-3-5-21(19)18-6-10-20(11-7-18)24(25,26)27/h6-8,10-12H,3-5,9,13-14H2,1-2H3,(H,28,29). The Morgan fingerprint density at radius 1 is 1.03 bits per heavy atom. The van der Waals surface area contributed by atoms with Crippen molar-refractivity contribution in [3.8, 4) is 5.75 Å². The van der Waals surface area contributed by atoms with Crippen molar-refractivity contribution in [2.24, 2.45) is 0 Å². The van der Waals surface area contributed by atoms with E-state index in [2.05, 4.69) is 0 Å². The SMILES string of the molecule is Cc1c(CCC(=O)O)ccc(OCC2=C(c3ccc(C(F)(F)F)cc3)CCC2)c1C. The lowest BCUT2D eigenvalue weighted by Crippen LogP contribution is -2.06. The van der Waals surface area contributed by atoms with Crippen LogP contribution in [0, 0.1) is 13.8 Å². The zero-order chi connectivity index (χ0) is 21.9. The molecule has 0 spiro atoms. The summed E-state index contributed by atoms with van der Waals surface area (Å²) >= 11 is 0. The molecule has 0 aliphatic heterocycles. The van der Waals surface area contributed by atoms with E-state index in [4.69, 9.17) is 9.84 Å². The average Bonchev–Trinajstić information content (AvgIpc) is 3.16. The summed E-state index contributed by atoms with van der Waals surface area (Å²) in [6.07, 6.45) is -1.11. The Morgan fingerprint density at radius 3 is 2.37 bits per heavy atom. The number of rotatable bonds is 7. The molecule has 160 valence electrons. The van der Waals surface area contributed by atoms with Gasteiger partial charge >= 0.3 is 12.1 Å². The molecule has 6 heteroatoms. The number of ether oxygens (including phenoxy) is 1. The first-order valence-corrected chi connectivity index (χ1v) is 9.99. The summed E-state index contributed by atoms with van der Waals surface area (Å²) in [7, 11) is 0. The fraction of sp³-hybridized carbons (Fsp3) is 0.375. The Hall–Kier alpha value is -2.76. The summed E-state index contributed by atoms with van der Waals surface area (Å²) in [5, 5.41) is 8.88. The van der Waals surface area contributed by atoms with Gasteiger partial charge in [-0.25, -0.2) is 0 Å². The zero-order valence-electron chi connectivity index (χ0n) is 17.1. The number of benzene rings is 2. The molecule has 0 heterocycles. The second-order valence-corrected chi connectivity index (χ2v) is 7.67. The highest BCUT2D eigenvalue weighted by atomic mass is 19.4. The number of allylic oxidation sites excluding steroid dienone is 1. The fourth-order valence-electron chi connectivity index (χ4n) is 3.86. The van der Waals surface area contributed by atoms with Crippen LogP contribution in [0.4, 0.5) is 13.2 Å². The van der Waals surface area contributed by atoms with E-state index in [1.165, 1.54) is 12.1 Å². The van der Waals surface area contributed by atoms with Gasteiger partial charge in [-0.2, -0.15) is 13.2 Å². The quantitative estimate of drug-likeness (QED) is 0.569. The molecule has 0 saturated heterocycles. The van der Waals surface area contributed by atoms with Gasteiger partial charge in [0.25, 0.3) is 0 Å². The van der Waals surface area contributed by atoms with Gasteiger partial charge in [0.1, 0.15) is 12.4 Å². The van der Waals surface area contributed by atoms with Gasteiger partial charge in [-0.1, -0.05) is 18.2 Å². The third-order valence-electron chi connectivity index (χ3n) is 5.75. The summed E-state index contributed by atoms with van der Waals surface area (Å²) in [5.41, 5.74) is 5.35. The van der Waals surface area contributed by atoms with Crippen molar-refractivity contribution in [1.29, 1.82) is 0 Å². The van der Waals surface area contributed by atoms with Gasteiger partial charge in [-0.15, -0.1) is 0 Å². The number of aryl methyl sites for hydroxylation is 1. The van der Waals surface area contributed by atoms with E-state index in [9.17, 15) is 18.0 Å². The molecule has 0 atom stereocenters. The maximum Gasteiger partial charge on any atom is 0.416 e.